The third-order valence-electron chi connectivity index (χ3n) is 10.2. The highest BCUT2D eigenvalue weighted by Gasteiger charge is 2.19. The lowest BCUT2D eigenvalue weighted by molar-refractivity contribution is 0.298. The van der Waals surface area contributed by atoms with Crippen LogP contribution in [0.1, 0.15) is 22.8 Å². The molecule has 7 heteroatoms. The van der Waals surface area contributed by atoms with Gasteiger partial charge in [0.2, 0.25) is 0 Å². The molecule has 0 saturated heterocycles. The molecular weight excluding hydrogens is 689 g/mol. The molecule has 6 heterocycles. The highest BCUT2D eigenvalue weighted by atomic mass is 16.5. The Morgan fingerprint density at radius 1 is 0.464 bits per heavy atom. The highest BCUT2D eigenvalue weighted by Crippen LogP contribution is 2.38. The van der Waals surface area contributed by atoms with Gasteiger partial charge in [-0.2, -0.15) is 0 Å². The van der Waals surface area contributed by atoms with Gasteiger partial charge in [0.15, 0.2) is 0 Å². The van der Waals surface area contributed by atoms with E-state index in [-0.39, 0.29) is 0 Å². The van der Waals surface area contributed by atoms with Gasteiger partial charge in [-0.05, 0) is 83.0 Å². The number of fused-ring (bicyclic) bond motifs is 8. The molecule has 4 aromatic heterocycles. The van der Waals surface area contributed by atoms with Gasteiger partial charge in [-0.25, -0.2) is 15.0 Å². The zero-order valence-corrected chi connectivity index (χ0v) is 30.4. The van der Waals surface area contributed by atoms with Crippen molar-refractivity contribution in [2.24, 2.45) is 0 Å². The molecule has 10 rings (SSSR count). The van der Waals surface area contributed by atoms with E-state index < -0.39 is 0 Å². The molecule has 0 aliphatic carbocycles. The number of benzene rings is 4. The topological polar surface area (TPSA) is 84.4 Å². The average molecular weight is 725 g/mol. The van der Waals surface area contributed by atoms with Crippen molar-refractivity contribution in [2.75, 3.05) is 6.61 Å². The molecule has 7 nitrogen and oxygen atoms in total. The van der Waals surface area contributed by atoms with Crippen LogP contribution < -0.4 is 4.74 Å². The second-order valence-corrected chi connectivity index (χ2v) is 13.8. The number of nitrogens with zero attached hydrogens (tertiary/aromatic N) is 4. The molecule has 0 atom stereocenters. The van der Waals surface area contributed by atoms with Crippen LogP contribution in [0.2, 0.25) is 0 Å². The summed E-state index contributed by atoms with van der Waals surface area (Å²) in [6, 6.07) is 48.3. The van der Waals surface area contributed by atoms with Crippen LogP contribution in [-0.4, -0.2) is 36.1 Å². The molecular formula is C49H36N6O. The second kappa shape index (κ2) is 14.4. The van der Waals surface area contributed by atoms with E-state index in [4.69, 9.17) is 14.7 Å². The standard InChI is InChI=1S/C49H36N6O/c1-4-11-33(12-5-1)46-38-19-21-40(51-38)47(34-13-6-2-7-14-34)42-23-25-44(53-42)49(36-17-10-18-37(31-36)56-30-29-55-28-27-50-32-55)45-26-24-43(54-45)48(35-15-8-3-9-16-35)41-22-20-39(46)52-41/h1-28,31-32,51,54H,29-30H2. The summed E-state index contributed by atoms with van der Waals surface area (Å²) in [6.45, 7) is 1.22. The fourth-order valence-corrected chi connectivity index (χ4v) is 7.66. The van der Waals surface area contributed by atoms with Crippen LogP contribution in [-0.2, 0) is 6.54 Å². The fraction of sp³-hybridized carbons (Fsp3) is 0.0408. The Kier molecular flexibility index (Phi) is 8.50. The number of aromatic nitrogens is 6. The monoisotopic (exact) mass is 724 g/mol. The van der Waals surface area contributed by atoms with Crippen LogP contribution in [0.4, 0.5) is 0 Å². The average Bonchev–Trinajstić information content (AvgIpc) is 4.10. The molecule has 2 N–H and O–H groups in total. The predicted molar refractivity (Wildman–Crippen MR) is 228 cm³/mol. The molecule has 8 bridgehead atoms. The number of ether oxygens (including phenoxy) is 1. The number of aromatic amines is 2. The van der Waals surface area contributed by atoms with E-state index in [1.165, 1.54) is 0 Å². The summed E-state index contributed by atoms with van der Waals surface area (Å²) in [6.07, 6.45) is 14.0. The number of nitrogens with one attached hydrogen (secondary N) is 2. The van der Waals surface area contributed by atoms with Gasteiger partial charge < -0.3 is 19.3 Å². The Hall–Kier alpha value is -7.51. The van der Waals surface area contributed by atoms with E-state index in [0.29, 0.717) is 13.2 Å². The largest absolute Gasteiger partial charge is 0.492 e. The Balaban J connectivity index is 1.28. The Morgan fingerprint density at radius 2 is 0.893 bits per heavy atom. The van der Waals surface area contributed by atoms with Gasteiger partial charge in [0.25, 0.3) is 0 Å². The van der Waals surface area contributed by atoms with Crippen molar-refractivity contribution in [3.05, 3.63) is 181 Å². The van der Waals surface area contributed by atoms with Crippen LogP contribution >= 0.6 is 0 Å². The number of imidazole rings is 1. The molecule has 0 radical (unpaired) electrons. The minimum Gasteiger partial charge on any atom is -0.492 e. The maximum absolute atomic E-state index is 6.28. The summed E-state index contributed by atoms with van der Waals surface area (Å²) in [5, 5.41) is 0. The van der Waals surface area contributed by atoms with E-state index in [9.17, 15) is 0 Å². The molecule has 56 heavy (non-hydrogen) atoms. The van der Waals surface area contributed by atoms with Crippen LogP contribution in [0.5, 0.6) is 5.75 Å². The zero-order chi connectivity index (χ0) is 37.3. The van der Waals surface area contributed by atoms with Crippen LogP contribution in [0.25, 0.3) is 90.9 Å². The lowest BCUT2D eigenvalue weighted by Crippen LogP contribution is -2.06. The first-order valence-corrected chi connectivity index (χ1v) is 18.8. The van der Waals surface area contributed by atoms with Gasteiger partial charge in [-0.3, -0.25) is 0 Å². The van der Waals surface area contributed by atoms with Crippen molar-refractivity contribution in [1.82, 2.24) is 29.5 Å². The Labute approximate surface area is 324 Å². The molecule has 0 fully saturated rings. The molecule has 0 saturated carbocycles. The maximum Gasteiger partial charge on any atom is 0.120 e. The molecule has 2 aliphatic rings. The Morgan fingerprint density at radius 3 is 1.32 bits per heavy atom. The summed E-state index contributed by atoms with van der Waals surface area (Å²) >= 11 is 0. The quantitative estimate of drug-likeness (QED) is 0.163. The minimum atomic E-state index is 0.515. The van der Waals surface area contributed by atoms with E-state index in [1.807, 2.05) is 41.1 Å². The van der Waals surface area contributed by atoms with Crippen molar-refractivity contribution < 1.29 is 4.74 Å². The third kappa shape index (κ3) is 6.31. The summed E-state index contributed by atoms with van der Waals surface area (Å²) < 4.78 is 8.29. The van der Waals surface area contributed by atoms with Crippen LogP contribution in [0, 0.1) is 0 Å². The summed E-state index contributed by atoms with van der Waals surface area (Å²) in [5.41, 5.74) is 15.6. The normalized spacial score (nSPS) is 11.9. The molecule has 0 amide bonds. The lowest BCUT2D eigenvalue weighted by Gasteiger charge is -2.10. The molecule has 2 aliphatic heterocycles. The van der Waals surface area contributed by atoms with E-state index in [2.05, 4.69) is 148 Å². The van der Waals surface area contributed by atoms with Crippen molar-refractivity contribution in [3.63, 3.8) is 0 Å². The van der Waals surface area contributed by atoms with Crippen molar-refractivity contribution in [1.29, 1.82) is 0 Å². The molecule has 268 valence electrons. The SMILES string of the molecule is C1=Cc2nc1c(-c1ccccc1)c1ccc([nH]1)c(-c1ccccc1)c1nc(c(-c3cccc(OCCn4ccnc4)c3)c3ccc([nH]3)c2-c2ccccc2)C=C1. The second-order valence-electron chi connectivity index (χ2n) is 13.8. The number of rotatable bonds is 8. The minimum absolute atomic E-state index is 0.515. The van der Waals surface area contributed by atoms with E-state index in [0.717, 1.165) is 95.1 Å². The van der Waals surface area contributed by atoms with Gasteiger partial charge >= 0.3 is 0 Å². The van der Waals surface area contributed by atoms with Gasteiger partial charge in [0, 0.05) is 56.7 Å². The van der Waals surface area contributed by atoms with E-state index >= 15 is 0 Å². The predicted octanol–water partition coefficient (Wildman–Crippen LogP) is 11.6. The molecule has 8 aromatic rings. The van der Waals surface area contributed by atoms with Gasteiger partial charge in [-0.15, -0.1) is 0 Å². The van der Waals surface area contributed by atoms with Crippen LogP contribution in [0.3, 0.4) is 0 Å². The van der Waals surface area contributed by atoms with Crippen molar-refractivity contribution in [2.45, 2.75) is 6.54 Å². The van der Waals surface area contributed by atoms with Crippen molar-refractivity contribution in [3.8, 4) is 50.3 Å². The molecule has 0 spiro atoms. The van der Waals surface area contributed by atoms with Gasteiger partial charge in [0.1, 0.15) is 12.4 Å². The number of hydrogen-bond donors (Lipinski definition) is 2. The summed E-state index contributed by atoms with van der Waals surface area (Å²) in [7, 11) is 0. The first kappa shape index (κ1) is 33.1. The maximum atomic E-state index is 6.28. The van der Waals surface area contributed by atoms with Gasteiger partial charge in [-0.1, -0.05) is 103 Å². The first-order chi connectivity index (χ1) is 27.7. The lowest BCUT2D eigenvalue weighted by atomic mass is 10.0. The third-order valence-corrected chi connectivity index (χ3v) is 10.2. The summed E-state index contributed by atoms with van der Waals surface area (Å²) in [5.74, 6) is 0.784. The molecule has 4 aromatic carbocycles. The number of hydrogen-bond acceptors (Lipinski definition) is 4. The zero-order valence-electron chi connectivity index (χ0n) is 30.4. The summed E-state index contributed by atoms with van der Waals surface area (Å²) in [4.78, 5) is 22.6. The van der Waals surface area contributed by atoms with Gasteiger partial charge in [0.05, 0.1) is 35.6 Å². The number of H-pyrrole nitrogens is 2. The molecule has 0 unspecified atom stereocenters. The fourth-order valence-electron chi connectivity index (χ4n) is 7.66. The smallest absolute Gasteiger partial charge is 0.120 e. The van der Waals surface area contributed by atoms with Crippen molar-refractivity contribution >= 4 is 46.4 Å². The van der Waals surface area contributed by atoms with Crippen LogP contribution in [0.15, 0.2) is 158 Å². The first-order valence-electron chi connectivity index (χ1n) is 18.8. The van der Waals surface area contributed by atoms with E-state index in [1.54, 1.807) is 12.5 Å². The Bertz CT molecular complexity index is 2890. The highest BCUT2D eigenvalue weighted by molar-refractivity contribution is 5.99.